The molecule has 2 N–H and O–H groups in total. The van der Waals surface area contributed by atoms with Gasteiger partial charge in [-0.05, 0) is 19.1 Å². The summed E-state index contributed by atoms with van der Waals surface area (Å²) < 4.78 is 13.0. The fourth-order valence-corrected chi connectivity index (χ4v) is 1.08. The van der Waals surface area contributed by atoms with Crippen LogP contribution in [0.1, 0.15) is 17.3 Å². The van der Waals surface area contributed by atoms with E-state index in [-0.39, 0.29) is 5.56 Å². The number of benzene rings is 1. The molecule has 0 spiro atoms. The van der Waals surface area contributed by atoms with Gasteiger partial charge in [-0.3, -0.25) is 0 Å². The van der Waals surface area contributed by atoms with Gasteiger partial charge in [0.25, 0.3) is 0 Å². The standard InChI is InChI=1S/C9H10FNO2/c1-2-11-7-5-3-4-6(10)8(7)9(12)13/h3-5,11H,2H2,1H3,(H,12,13). The average Bonchev–Trinajstić information content (AvgIpc) is 2.04. The zero-order chi connectivity index (χ0) is 9.84. The smallest absolute Gasteiger partial charge is 0.340 e. The van der Waals surface area contributed by atoms with Gasteiger partial charge in [-0.2, -0.15) is 0 Å². The van der Waals surface area contributed by atoms with Crippen molar-refractivity contribution in [3.05, 3.63) is 29.6 Å². The molecule has 0 saturated carbocycles. The van der Waals surface area contributed by atoms with Gasteiger partial charge in [0.2, 0.25) is 0 Å². The van der Waals surface area contributed by atoms with Crippen LogP contribution in [0.3, 0.4) is 0 Å². The van der Waals surface area contributed by atoms with Crippen molar-refractivity contribution in [2.45, 2.75) is 6.92 Å². The summed E-state index contributed by atoms with van der Waals surface area (Å²) in [6.07, 6.45) is 0. The van der Waals surface area contributed by atoms with Crippen LogP contribution in [0.2, 0.25) is 0 Å². The lowest BCUT2D eigenvalue weighted by atomic mass is 10.1. The molecule has 1 aromatic carbocycles. The lowest BCUT2D eigenvalue weighted by Crippen LogP contribution is -2.07. The number of hydrogen-bond donors (Lipinski definition) is 2. The first-order valence-corrected chi connectivity index (χ1v) is 3.92. The Bertz CT molecular complexity index is 325. The summed E-state index contributed by atoms with van der Waals surface area (Å²) in [4.78, 5) is 10.6. The van der Waals surface area contributed by atoms with Crippen LogP contribution in [-0.2, 0) is 0 Å². The molecule has 0 aliphatic rings. The molecule has 0 aromatic heterocycles. The highest BCUT2D eigenvalue weighted by atomic mass is 19.1. The Labute approximate surface area is 75.2 Å². The predicted octanol–water partition coefficient (Wildman–Crippen LogP) is 1.96. The van der Waals surface area contributed by atoms with Gasteiger partial charge in [-0.1, -0.05) is 6.07 Å². The van der Waals surface area contributed by atoms with Crippen molar-refractivity contribution < 1.29 is 14.3 Å². The summed E-state index contributed by atoms with van der Waals surface area (Å²) in [7, 11) is 0. The molecule has 13 heavy (non-hydrogen) atoms. The van der Waals surface area contributed by atoms with Gasteiger partial charge in [0.05, 0.1) is 5.69 Å². The third-order valence-electron chi connectivity index (χ3n) is 1.59. The normalized spacial score (nSPS) is 9.69. The predicted molar refractivity (Wildman–Crippen MR) is 47.5 cm³/mol. The highest BCUT2D eigenvalue weighted by Gasteiger charge is 2.14. The lowest BCUT2D eigenvalue weighted by molar-refractivity contribution is 0.0693. The maximum atomic E-state index is 13.0. The van der Waals surface area contributed by atoms with Gasteiger partial charge < -0.3 is 10.4 Å². The van der Waals surface area contributed by atoms with Crippen molar-refractivity contribution >= 4 is 11.7 Å². The third kappa shape index (κ3) is 1.96. The Balaban J connectivity index is 3.17. The number of rotatable bonds is 3. The second kappa shape index (κ2) is 3.89. The first-order valence-electron chi connectivity index (χ1n) is 3.92. The van der Waals surface area contributed by atoms with Gasteiger partial charge in [0.15, 0.2) is 0 Å². The van der Waals surface area contributed by atoms with E-state index in [0.29, 0.717) is 12.2 Å². The van der Waals surface area contributed by atoms with Crippen LogP contribution in [0.5, 0.6) is 0 Å². The van der Waals surface area contributed by atoms with Gasteiger partial charge in [-0.25, -0.2) is 9.18 Å². The second-order valence-electron chi connectivity index (χ2n) is 2.50. The molecular weight excluding hydrogens is 173 g/mol. The maximum Gasteiger partial charge on any atom is 0.340 e. The highest BCUT2D eigenvalue weighted by molar-refractivity contribution is 5.94. The second-order valence-corrected chi connectivity index (χ2v) is 2.50. The summed E-state index contributed by atoms with van der Waals surface area (Å²) in [5, 5.41) is 11.5. The van der Waals surface area contributed by atoms with E-state index < -0.39 is 11.8 Å². The SMILES string of the molecule is CCNc1cccc(F)c1C(=O)O. The summed E-state index contributed by atoms with van der Waals surface area (Å²) in [6, 6.07) is 4.14. The Kier molecular flexibility index (Phi) is 2.84. The molecule has 0 unspecified atom stereocenters. The molecule has 70 valence electrons. The van der Waals surface area contributed by atoms with Crippen molar-refractivity contribution in [1.82, 2.24) is 0 Å². The fraction of sp³-hybridized carbons (Fsp3) is 0.222. The van der Waals surface area contributed by atoms with Crippen LogP contribution < -0.4 is 5.32 Å². The molecule has 0 bridgehead atoms. The summed E-state index contributed by atoms with van der Waals surface area (Å²) in [5.74, 6) is -1.97. The molecule has 0 amide bonds. The Morgan fingerprint density at radius 1 is 1.62 bits per heavy atom. The van der Waals surface area contributed by atoms with Crippen LogP contribution in [0, 0.1) is 5.82 Å². The first kappa shape index (κ1) is 9.51. The zero-order valence-electron chi connectivity index (χ0n) is 7.17. The molecule has 0 saturated heterocycles. The van der Waals surface area contributed by atoms with E-state index in [1.54, 1.807) is 0 Å². The number of hydrogen-bond acceptors (Lipinski definition) is 2. The summed E-state index contributed by atoms with van der Waals surface area (Å²) in [5.41, 5.74) is 0.0133. The molecule has 0 atom stereocenters. The Hall–Kier alpha value is -1.58. The fourth-order valence-electron chi connectivity index (χ4n) is 1.08. The molecule has 0 radical (unpaired) electrons. The molecular formula is C9H10FNO2. The molecule has 3 nitrogen and oxygen atoms in total. The summed E-state index contributed by atoms with van der Waals surface area (Å²) in [6.45, 7) is 2.38. The van der Waals surface area contributed by atoms with Gasteiger partial charge in [0.1, 0.15) is 11.4 Å². The van der Waals surface area contributed by atoms with Gasteiger partial charge >= 0.3 is 5.97 Å². The van der Waals surface area contributed by atoms with E-state index in [1.165, 1.54) is 12.1 Å². The minimum Gasteiger partial charge on any atom is -0.478 e. The maximum absolute atomic E-state index is 13.0. The van der Waals surface area contributed by atoms with Crippen LogP contribution in [0.25, 0.3) is 0 Å². The van der Waals surface area contributed by atoms with E-state index in [4.69, 9.17) is 5.11 Å². The number of carboxylic acids is 1. The molecule has 0 fully saturated rings. The highest BCUT2D eigenvalue weighted by Crippen LogP contribution is 2.18. The Morgan fingerprint density at radius 3 is 2.85 bits per heavy atom. The van der Waals surface area contributed by atoms with E-state index in [9.17, 15) is 9.18 Å². The van der Waals surface area contributed by atoms with Crippen molar-refractivity contribution in [3.63, 3.8) is 0 Å². The van der Waals surface area contributed by atoms with E-state index in [0.717, 1.165) is 6.07 Å². The van der Waals surface area contributed by atoms with Crippen LogP contribution in [0.15, 0.2) is 18.2 Å². The first-order chi connectivity index (χ1) is 6.16. The van der Waals surface area contributed by atoms with Crippen molar-refractivity contribution in [2.24, 2.45) is 0 Å². The minimum absolute atomic E-state index is 0.302. The number of halogens is 1. The molecule has 1 rings (SSSR count). The van der Waals surface area contributed by atoms with Gasteiger partial charge in [-0.15, -0.1) is 0 Å². The van der Waals surface area contributed by atoms with Crippen molar-refractivity contribution in [1.29, 1.82) is 0 Å². The van der Waals surface area contributed by atoms with E-state index >= 15 is 0 Å². The van der Waals surface area contributed by atoms with Crippen molar-refractivity contribution in [3.8, 4) is 0 Å². The molecule has 0 aliphatic carbocycles. The molecule has 0 heterocycles. The van der Waals surface area contributed by atoms with Crippen LogP contribution in [-0.4, -0.2) is 17.6 Å². The number of anilines is 1. The minimum atomic E-state index is -1.26. The molecule has 0 aliphatic heterocycles. The number of carboxylic acid groups (broad SMARTS) is 1. The largest absolute Gasteiger partial charge is 0.478 e. The lowest BCUT2D eigenvalue weighted by Gasteiger charge is -2.07. The average molecular weight is 183 g/mol. The monoisotopic (exact) mass is 183 g/mol. The zero-order valence-corrected chi connectivity index (χ0v) is 7.17. The summed E-state index contributed by atoms with van der Waals surface area (Å²) >= 11 is 0. The molecule has 1 aromatic rings. The Morgan fingerprint density at radius 2 is 2.31 bits per heavy atom. The number of aromatic carboxylic acids is 1. The van der Waals surface area contributed by atoms with E-state index in [2.05, 4.69) is 5.32 Å². The molecule has 4 heteroatoms. The van der Waals surface area contributed by atoms with Crippen LogP contribution >= 0.6 is 0 Å². The topological polar surface area (TPSA) is 49.3 Å². The van der Waals surface area contributed by atoms with E-state index in [1.807, 2.05) is 6.92 Å². The number of carbonyl (C=O) groups is 1. The van der Waals surface area contributed by atoms with Crippen molar-refractivity contribution in [2.75, 3.05) is 11.9 Å². The number of nitrogens with one attached hydrogen (secondary N) is 1. The van der Waals surface area contributed by atoms with Crippen LogP contribution in [0.4, 0.5) is 10.1 Å². The third-order valence-corrected chi connectivity index (χ3v) is 1.59. The van der Waals surface area contributed by atoms with Gasteiger partial charge in [0, 0.05) is 6.54 Å². The quantitative estimate of drug-likeness (QED) is 0.753.